The van der Waals surface area contributed by atoms with Crippen LogP contribution in [0.5, 0.6) is 0 Å². The van der Waals surface area contributed by atoms with Gasteiger partial charge in [-0.25, -0.2) is 0 Å². The normalized spacial score (nSPS) is 13.8. The number of hydrogen-bond donors (Lipinski definition) is 0. The molecule has 0 heterocycles. The van der Waals surface area contributed by atoms with Crippen LogP contribution in [0.3, 0.4) is 0 Å². The Kier molecular flexibility index (Phi) is 3.58. The molecule has 0 N–H and O–H groups in total. The van der Waals surface area contributed by atoms with Crippen LogP contribution in [0.2, 0.25) is 19.6 Å². The molecule has 0 atom stereocenters. The topological polar surface area (TPSA) is 17.1 Å². The van der Waals surface area contributed by atoms with Gasteiger partial charge in [0.1, 0.15) is 0 Å². The van der Waals surface area contributed by atoms with Gasteiger partial charge in [-0.1, -0.05) is 82.9 Å². The lowest BCUT2D eigenvalue weighted by molar-refractivity contribution is 0.104. The SMILES string of the molecule is CC(C)(C)c1cccc2c([Si](C)(C)C)c3c(cc12)-c1ccccc1C3=O. The fourth-order valence-electron chi connectivity index (χ4n) is 4.36. The second-order valence-electron chi connectivity index (χ2n) is 9.45. The molecule has 3 aromatic rings. The molecule has 0 fully saturated rings. The molecule has 1 aliphatic carbocycles. The summed E-state index contributed by atoms with van der Waals surface area (Å²) >= 11 is 0. The van der Waals surface area contributed by atoms with E-state index in [2.05, 4.69) is 70.7 Å². The van der Waals surface area contributed by atoms with Gasteiger partial charge in [0.15, 0.2) is 5.78 Å². The second-order valence-corrected chi connectivity index (χ2v) is 14.4. The van der Waals surface area contributed by atoms with Crippen molar-refractivity contribution in [2.45, 2.75) is 45.8 Å². The van der Waals surface area contributed by atoms with Crippen molar-refractivity contribution >= 4 is 29.8 Å². The van der Waals surface area contributed by atoms with E-state index in [-0.39, 0.29) is 11.2 Å². The molecule has 4 rings (SSSR count). The summed E-state index contributed by atoms with van der Waals surface area (Å²) in [5, 5.41) is 3.90. The Bertz CT molecular complexity index is 1060. The number of carbonyl (C=O) groups is 1. The quantitative estimate of drug-likeness (QED) is 0.388. The van der Waals surface area contributed by atoms with Gasteiger partial charge in [0, 0.05) is 11.1 Å². The van der Waals surface area contributed by atoms with E-state index in [1.807, 2.05) is 18.2 Å². The molecule has 0 unspecified atom stereocenters. The Morgan fingerprint density at radius 1 is 0.769 bits per heavy atom. The number of carbonyl (C=O) groups excluding carboxylic acids is 1. The van der Waals surface area contributed by atoms with E-state index < -0.39 is 8.07 Å². The van der Waals surface area contributed by atoms with Crippen LogP contribution >= 0.6 is 0 Å². The molecule has 0 saturated carbocycles. The van der Waals surface area contributed by atoms with E-state index in [0.717, 1.165) is 22.3 Å². The number of benzene rings is 3. The van der Waals surface area contributed by atoms with Crippen molar-refractivity contribution in [3.63, 3.8) is 0 Å². The van der Waals surface area contributed by atoms with Gasteiger partial charge < -0.3 is 0 Å². The first-order chi connectivity index (χ1) is 12.1. The predicted molar refractivity (Wildman–Crippen MR) is 114 cm³/mol. The summed E-state index contributed by atoms with van der Waals surface area (Å²) in [6.45, 7) is 13.8. The first-order valence-corrected chi connectivity index (χ1v) is 12.9. The van der Waals surface area contributed by atoms with Crippen molar-refractivity contribution in [1.82, 2.24) is 0 Å². The fourth-order valence-corrected chi connectivity index (χ4v) is 6.38. The highest BCUT2D eigenvalue weighted by molar-refractivity contribution is 6.91. The first-order valence-electron chi connectivity index (χ1n) is 9.35. The molecule has 1 aliphatic rings. The van der Waals surface area contributed by atoms with Crippen LogP contribution in [0.15, 0.2) is 48.5 Å². The number of fused-ring (bicyclic) bond motifs is 4. The summed E-state index contributed by atoms with van der Waals surface area (Å²) in [6.07, 6.45) is 0. The molecule has 0 spiro atoms. The third-order valence-electron chi connectivity index (χ3n) is 5.43. The molecule has 0 amide bonds. The number of rotatable bonds is 1. The lowest BCUT2D eigenvalue weighted by atomic mass is 9.82. The minimum absolute atomic E-state index is 0.0621. The smallest absolute Gasteiger partial charge is 0.194 e. The van der Waals surface area contributed by atoms with Crippen LogP contribution in [-0.4, -0.2) is 13.9 Å². The molecular formula is C24H26OSi. The van der Waals surface area contributed by atoms with Crippen molar-refractivity contribution < 1.29 is 4.79 Å². The van der Waals surface area contributed by atoms with Crippen LogP contribution in [0.25, 0.3) is 21.9 Å². The highest BCUT2D eigenvalue weighted by Gasteiger charge is 2.35. The van der Waals surface area contributed by atoms with Crippen LogP contribution in [0.4, 0.5) is 0 Å². The van der Waals surface area contributed by atoms with Gasteiger partial charge in [0.25, 0.3) is 0 Å². The molecule has 0 radical (unpaired) electrons. The summed E-state index contributed by atoms with van der Waals surface area (Å²) in [5.74, 6) is 0.205. The highest BCUT2D eigenvalue weighted by atomic mass is 28.3. The zero-order chi connectivity index (χ0) is 18.9. The number of hydrogen-bond acceptors (Lipinski definition) is 1. The Morgan fingerprint density at radius 2 is 1.42 bits per heavy atom. The molecule has 0 aromatic heterocycles. The summed E-state index contributed by atoms with van der Waals surface area (Å²) in [4.78, 5) is 13.3. The lowest BCUT2D eigenvalue weighted by Crippen LogP contribution is -2.42. The van der Waals surface area contributed by atoms with Crippen molar-refractivity contribution in [2.75, 3.05) is 0 Å². The molecule has 26 heavy (non-hydrogen) atoms. The Hall–Kier alpha value is -2.19. The largest absolute Gasteiger partial charge is 0.289 e. The molecule has 0 saturated heterocycles. The monoisotopic (exact) mass is 358 g/mol. The summed E-state index contributed by atoms with van der Waals surface area (Å²) < 4.78 is 0. The van der Waals surface area contributed by atoms with Gasteiger partial charge >= 0.3 is 0 Å². The maximum atomic E-state index is 13.3. The Balaban J connectivity index is 2.23. The molecule has 0 bridgehead atoms. The lowest BCUT2D eigenvalue weighted by Gasteiger charge is -2.27. The average Bonchev–Trinajstić information content (AvgIpc) is 2.83. The van der Waals surface area contributed by atoms with E-state index in [1.165, 1.54) is 21.5 Å². The van der Waals surface area contributed by atoms with E-state index in [1.54, 1.807) is 0 Å². The van der Waals surface area contributed by atoms with Crippen LogP contribution < -0.4 is 5.19 Å². The Labute approximate surface area is 157 Å². The van der Waals surface area contributed by atoms with Crippen molar-refractivity contribution in [3.05, 3.63) is 65.2 Å². The van der Waals surface area contributed by atoms with Gasteiger partial charge in [-0.15, -0.1) is 0 Å². The molecule has 1 nitrogen and oxygen atoms in total. The maximum absolute atomic E-state index is 13.3. The third-order valence-corrected chi connectivity index (χ3v) is 7.45. The summed E-state index contributed by atoms with van der Waals surface area (Å²) in [6, 6.07) is 17.0. The van der Waals surface area contributed by atoms with Gasteiger partial charge in [0.05, 0.1) is 8.07 Å². The molecule has 132 valence electrons. The minimum Gasteiger partial charge on any atom is -0.289 e. The van der Waals surface area contributed by atoms with Gasteiger partial charge in [-0.2, -0.15) is 0 Å². The average molecular weight is 359 g/mol. The standard InChI is InChI=1S/C24H26OSi/c1-24(2,3)20-13-9-12-17-18(20)14-19-15-10-7-8-11-16(15)22(25)21(19)23(17)26(4,5)6/h7-14H,1-6H3. The minimum atomic E-state index is -1.74. The van der Waals surface area contributed by atoms with Crippen molar-refractivity contribution in [3.8, 4) is 11.1 Å². The van der Waals surface area contributed by atoms with E-state index in [0.29, 0.717) is 0 Å². The van der Waals surface area contributed by atoms with Crippen LogP contribution in [0, 0.1) is 0 Å². The van der Waals surface area contributed by atoms with Gasteiger partial charge in [-0.05, 0) is 44.1 Å². The fraction of sp³-hybridized carbons (Fsp3) is 0.292. The van der Waals surface area contributed by atoms with Crippen molar-refractivity contribution in [2.24, 2.45) is 0 Å². The van der Waals surface area contributed by atoms with Gasteiger partial charge in [-0.3, -0.25) is 4.79 Å². The second kappa shape index (κ2) is 5.40. The number of ketones is 1. The zero-order valence-electron chi connectivity index (χ0n) is 16.5. The van der Waals surface area contributed by atoms with Crippen LogP contribution in [0.1, 0.15) is 42.3 Å². The van der Waals surface area contributed by atoms with Gasteiger partial charge in [0.2, 0.25) is 0 Å². The zero-order valence-corrected chi connectivity index (χ0v) is 17.5. The summed E-state index contributed by atoms with van der Waals surface area (Å²) in [5.41, 5.74) is 5.46. The third kappa shape index (κ3) is 2.39. The van der Waals surface area contributed by atoms with E-state index >= 15 is 0 Å². The maximum Gasteiger partial charge on any atom is 0.194 e. The van der Waals surface area contributed by atoms with E-state index in [9.17, 15) is 4.79 Å². The first kappa shape index (κ1) is 17.2. The highest BCUT2D eigenvalue weighted by Crippen LogP contribution is 2.41. The van der Waals surface area contributed by atoms with Crippen LogP contribution in [-0.2, 0) is 5.41 Å². The predicted octanol–water partition coefficient (Wildman–Crippen LogP) is 5.89. The molecule has 0 aliphatic heterocycles. The molecule has 2 heteroatoms. The molecular weight excluding hydrogens is 332 g/mol. The molecule has 3 aromatic carbocycles. The van der Waals surface area contributed by atoms with Crippen molar-refractivity contribution in [1.29, 1.82) is 0 Å². The Morgan fingerprint density at radius 3 is 2.04 bits per heavy atom. The summed E-state index contributed by atoms with van der Waals surface area (Å²) in [7, 11) is -1.74. The van der Waals surface area contributed by atoms with E-state index in [4.69, 9.17) is 0 Å².